The van der Waals surface area contributed by atoms with Crippen molar-refractivity contribution >= 4 is 21.6 Å². The van der Waals surface area contributed by atoms with Crippen molar-refractivity contribution in [2.45, 2.75) is 17.5 Å². The van der Waals surface area contributed by atoms with E-state index < -0.39 is 27.7 Å². The molecule has 0 radical (unpaired) electrons. The first-order chi connectivity index (χ1) is 13.1. The number of sulfonamides is 1. The first-order valence-electron chi connectivity index (χ1n) is 8.28. The Kier molecular flexibility index (Phi) is 6.68. The molecule has 0 spiro atoms. The summed E-state index contributed by atoms with van der Waals surface area (Å²) in [7, 11) is -1.06. The number of amides is 1. The van der Waals surface area contributed by atoms with Gasteiger partial charge in [-0.2, -0.15) is 13.2 Å². The Morgan fingerprint density at radius 2 is 1.79 bits per heavy atom. The minimum absolute atomic E-state index is 0.0722. The summed E-state index contributed by atoms with van der Waals surface area (Å²) in [5, 5.41) is 5.41. The molecule has 3 N–H and O–H groups in total. The maximum absolute atomic E-state index is 12.8. The van der Waals surface area contributed by atoms with Crippen molar-refractivity contribution in [3.8, 4) is 0 Å². The Labute approximate surface area is 161 Å². The molecule has 0 heterocycles. The topological polar surface area (TPSA) is 87.3 Å². The van der Waals surface area contributed by atoms with Gasteiger partial charge in [0, 0.05) is 19.3 Å². The molecule has 0 aliphatic heterocycles. The van der Waals surface area contributed by atoms with Gasteiger partial charge in [-0.3, -0.25) is 4.79 Å². The summed E-state index contributed by atoms with van der Waals surface area (Å²) in [4.78, 5) is 12.0. The second-order valence-electron chi connectivity index (χ2n) is 5.87. The van der Waals surface area contributed by atoms with Gasteiger partial charge in [0.1, 0.15) is 0 Å². The first-order valence-corrected chi connectivity index (χ1v) is 9.76. The lowest BCUT2D eigenvalue weighted by molar-refractivity contribution is -0.137. The van der Waals surface area contributed by atoms with Crippen molar-refractivity contribution in [3.63, 3.8) is 0 Å². The van der Waals surface area contributed by atoms with Crippen LogP contribution in [0.4, 0.5) is 18.9 Å². The Hall–Kier alpha value is -2.59. The van der Waals surface area contributed by atoms with Crippen LogP contribution in [-0.2, 0) is 22.6 Å². The van der Waals surface area contributed by atoms with E-state index in [2.05, 4.69) is 15.4 Å². The van der Waals surface area contributed by atoms with Gasteiger partial charge in [0.2, 0.25) is 10.0 Å². The zero-order valence-corrected chi connectivity index (χ0v) is 16.0. The second-order valence-corrected chi connectivity index (χ2v) is 7.76. The maximum Gasteiger partial charge on any atom is 0.416 e. The highest BCUT2D eigenvalue weighted by Gasteiger charge is 2.30. The van der Waals surface area contributed by atoms with Gasteiger partial charge in [-0.05, 0) is 43.3 Å². The lowest BCUT2D eigenvalue weighted by atomic mass is 10.1. The number of hydrogen-bond acceptors (Lipinski definition) is 4. The van der Waals surface area contributed by atoms with Crippen molar-refractivity contribution in [1.29, 1.82) is 0 Å². The molecule has 0 saturated carbocycles. The minimum Gasteiger partial charge on any atom is -0.384 e. The number of alkyl halides is 3. The Bertz CT molecular complexity index is 960. The Balaban J connectivity index is 2.19. The third-order valence-corrected chi connectivity index (χ3v) is 5.44. The number of nitrogens with one attached hydrogen (secondary N) is 3. The predicted octanol–water partition coefficient (Wildman–Crippen LogP) is 2.63. The second kappa shape index (κ2) is 8.61. The first kappa shape index (κ1) is 21.7. The molecule has 6 nitrogen and oxygen atoms in total. The van der Waals surface area contributed by atoms with E-state index in [0.29, 0.717) is 11.3 Å². The summed E-state index contributed by atoms with van der Waals surface area (Å²) < 4.78 is 64.4. The highest BCUT2D eigenvalue weighted by Crippen LogP contribution is 2.29. The van der Waals surface area contributed by atoms with Crippen LogP contribution in [0.3, 0.4) is 0 Å². The molecular formula is C18H20F3N3O3S. The van der Waals surface area contributed by atoms with Gasteiger partial charge in [-0.1, -0.05) is 18.2 Å². The molecule has 0 fully saturated rings. The molecule has 1 amide bonds. The zero-order valence-electron chi connectivity index (χ0n) is 15.2. The molecule has 28 heavy (non-hydrogen) atoms. The molecule has 2 rings (SSSR count). The van der Waals surface area contributed by atoms with Crippen molar-refractivity contribution < 1.29 is 26.4 Å². The highest BCUT2D eigenvalue weighted by atomic mass is 32.2. The monoisotopic (exact) mass is 415 g/mol. The highest BCUT2D eigenvalue weighted by molar-refractivity contribution is 7.89. The zero-order chi connectivity index (χ0) is 20.9. The largest absolute Gasteiger partial charge is 0.416 e. The van der Waals surface area contributed by atoms with Crippen molar-refractivity contribution in [2.75, 3.05) is 26.0 Å². The molecule has 2 aromatic carbocycles. The minimum atomic E-state index is -4.41. The summed E-state index contributed by atoms with van der Waals surface area (Å²) in [6.07, 6.45) is -4.13. The average Bonchev–Trinajstić information content (AvgIpc) is 2.67. The fourth-order valence-corrected chi connectivity index (χ4v) is 3.29. The van der Waals surface area contributed by atoms with Crippen LogP contribution in [-0.4, -0.2) is 35.0 Å². The van der Waals surface area contributed by atoms with Crippen LogP contribution in [0.1, 0.15) is 21.5 Å². The van der Waals surface area contributed by atoms with E-state index in [-0.39, 0.29) is 23.4 Å². The summed E-state index contributed by atoms with van der Waals surface area (Å²) in [6, 6.07) is 9.01. The van der Waals surface area contributed by atoms with Crippen LogP contribution in [0.15, 0.2) is 47.4 Å². The molecule has 0 atom stereocenters. The molecule has 2 aromatic rings. The van der Waals surface area contributed by atoms with Gasteiger partial charge in [0.15, 0.2) is 0 Å². The molecule has 0 aliphatic rings. The molecule has 0 aromatic heterocycles. The number of carbonyl (C=O) groups excluding carboxylic acids is 1. The van der Waals surface area contributed by atoms with Crippen LogP contribution in [0, 0.1) is 0 Å². The maximum atomic E-state index is 12.8. The average molecular weight is 415 g/mol. The fraction of sp³-hybridized carbons (Fsp3) is 0.278. The van der Waals surface area contributed by atoms with Crippen LogP contribution >= 0.6 is 0 Å². The van der Waals surface area contributed by atoms with E-state index in [1.54, 1.807) is 6.07 Å². The van der Waals surface area contributed by atoms with Gasteiger partial charge in [0.05, 0.1) is 16.0 Å². The smallest absolute Gasteiger partial charge is 0.384 e. The van der Waals surface area contributed by atoms with Gasteiger partial charge in [0.25, 0.3) is 5.91 Å². The quantitative estimate of drug-likeness (QED) is 0.649. The molecule has 0 bridgehead atoms. The molecule has 0 aliphatic carbocycles. The van der Waals surface area contributed by atoms with E-state index in [9.17, 15) is 26.4 Å². The number of benzene rings is 2. The van der Waals surface area contributed by atoms with E-state index in [1.807, 2.05) is 0 Å². The molecular weight excluding hydrogens is 395 g/mol. The molecule has 0 unspecified atom stereocenters. The van der Waals surface area contributed by atoms with Gasteiger partial charge < -0.3 is 10.6 Å². The van der Waals surface area contributed by atoms with Crippen molar-refractivity contribution in [3.05, 3.63) is 59.2 Å². The van der Waals surface area contributed by atoms with Gasteiger partial charge in [-0.15, -0.1) is 0 Å². The summed E-state index contributed by atoms with van der Waals surface area (Å²) in [5.74, 6) is -0.491. The predicted molar refractivity (Wildman–Crippen MR) is 99.7 cm³/mol. The number of hydrogen-bond donors (Lipinski definition) is 3. The SMILES string of the molecule is CNC(=O)c1cc(S(=O)(=O)NC)ccc1NCCc1cccc(C(F)(F)F)c1. The van der Waals surface area contributed by atoms with Gasteiger partial charge >= 0.3 is 6.18 Å². The Morgan fingerprint density at radius 1 is 1.07 bits per heavy atom. The van der Waals surface area contributed by atoms with E-state index in [4.69, 9.17) is 0 Å². The van der Waals surface area contributed by atoms with E-state index in [1.165, 1.54) is 38.4 Å². The fourth-order valence-electron chi connectivity index (χ4n) is 2.53. The third kappa shape index (κ3) is 5.23. The van der Waals surface area contributed by atoms with Crippen molar-refractivity contribution in [2.24, 2.45) is 0 Å². The molecule has 10 heteroatoms. The standard InChI is InChI=1S/C18H20F3N3O3S/c1-22-17(25)15-11-14(28(26,27)23-2)6-7-16(15)24-9-8-12-4-3-5-13(10-12)18(19,20)21/h3-7,10-11,23-24H,8-9H2,1-2H3,(H,22,25). The number of rotatable bonds is 7. The summed E-state index contributed by atoms with van der Waals surface area (Å²) in [5.41, 5.74) is 0.250. The number of carbonyl (C=O) groups is 1. The van der Waals surface area contributed by atoms with Crippen molar-refractivity contribution in [1.82, 2.24) is 10.0 Å². The molecule has 0 saturated heterocycles. The number of anilines is 1. The van der Waals surface area contributed by atoms with Crippen LogP contribution in [0.2, 0.25) is 0 Å². The van der Waals surface area contributed by atoms with Crippen LogP contribution in [0.25, 0.3) is 0 Å². The van der Waals surface area contributed by atoms with E-state index in [0.717, 1.165) is 12.1 Å². The van der Waals surface area contributed by atoms with Crippen LogP contribution < -0.4 is 15.4 Å². The molecule has 152 valence electrons. The normalized spacial score (nSPS) is 11.9. The lowest BCUT2D eigenvalue weighted by Gasteiger charge is -2.14. The number of halogens is 3. The third-order valence-electron chi connectivity index (χ3n) is 4.03. The summed E-state index contributed by atoms with van der Waals surface area (Å²) >= 11 is 0. The van der Waals surface area contributed by atoms with E-state index >= 15 is 0 Å². The summed E-state index contributed by atoms with van der Waals surface area (Å²) in [6.45, 7) is 0.253. The lowest BCUT2D eigenvalue weighted by Crippen LogP contribution is -2.23. The Morgan fingerprint density at radius 3 is 2.39 bits per heavy atom. The van der Waals surface area contributed by atoms with Gasteiger partial charge in [-0.25, -0.2) is 13.1 Å². The van der Waals surface area contributed by atoms with Crippen LogP contribution in [0.5, 0.6) is 0 Å².